The maximum Gasteiger partial charge on any atom is 0.225 e. The average molecular weight is 199 g/mol. The minimum Gasteiger partial charge on any atom is -0.342 e. The molecule has 1 amide bonds. The van der Waals surface area contributed by atoms with Gasteiger partial charge in [-0.3, -0.25) is 4.79 Å². The topological polar surface area (TPSA) is 20.3 Å². The summed E-state index contributed by atoms with van der Waals surface area (Å²) in [7, 11) is 0. The van der Waals surface area contributed by atoms with Crippen LogP contribution in [0.5, 0.6) is 0 Å². The molecule has 1 aliphatic rings. The van der Waals surface area contributed by atoms with Crippen LogP contribution in [0.2, 0.25) is 0 Å². The monoisotopic (exact) mass is 199 g/mol. The van der Waals surface area contributed by atoms with Crippen LogP contribution in [-0.4, -0.2) is 23.9 Å². The zero-order chi connectivity index (χ0) is 11.0. The van der Waals surface area contributed by atoms with E-state index in [1.165, 1.54) is 0 Å². The van der Waals surface area contributed by atoms with Gasteiger partial charge in [-0.1, -0.05) is 27.7 Å². The molecule has 0 aromatic heterocycles. The zero-order valence-electron chi connectivity index (χ0n) is 10.2. The molecule has 0 saturated heterocycles. The molecule has 1 saturated carbocycles. The summed E-state index contributed by atoms with van der Waals surface area (Å²) in [6.45, 7) is 10.2. The molecule has 1 aliphatic carbocycles. The Labute approximate surface area is 88.7 Å². The van der Waals surface area contributed by atoms with Crippen LogP contribution in [0.3, 0.4) is 0 Å². The second-order valence-corrected chi connectivity index (χ2v) is 3.60. The molecule has 84 valence electrons. The number of rotatable bonds is 5. The summed E-state index contributed by atoms with van der Waals surface area (Å²) in [6.07, 6.45) is 4.42. The van der Waals surface area contributed by atoms with Crippen LogP contribution in [0.4, 0.5) is 0 Å². The first kappa shape index (κ1) is 13.5. The smallest absolute Gasteiger partial charge is 0.225 e. The summed E-state index contributed by atoms with van der Waals surface area (Å²) < 4.78 is 0. The molecule has 14 heavy (non-hydrogen) atoms. The summed E-state index contributed by atoms with van der Waals surface area (Å²) in [5.41, 5.74) is 0. The summed E-state index contributed by atoms with van der Waals surface area (Å²) in [6, 6.07) is 0. The molecule has 0 radical (unpaired) electrons. The van der Waals surface area contributed by atoms with Gasteiger partial charge in [0.15, 0.2) is 0 Å². The van der Waals surface area contributed by atoms with Crippen molar-refractivity contribution in [3.05, 3.63) is 0 Å². The Kier molecular flexibility index (Phi) is 7.54. The second-order valence-electron chi connectivity index (χ2n) is 3.60. The Balaban J connectivity index is 0.000000791. The van der Waals surface area contributed by atoms with E-state index in [-0.39, 0.29) is 0 Å². The molecule has 2 nitrogen and oxygen atoms in total. The van der Waals surface area contributed by atoms with Gasteiger partial charge in [0, 0.05) is 19.0 Å². The summed E-state index contributed by atoms with van der Waals surface area (Å²) in [5, 5.41) is 0. The van der Waals surface area contributed by atoms with Crippen LogP contribution in [0, 0.1) is 5.92 Å². The van der Waals surface area contributed by atoms with Crippen LogP contribution in [0.15, 0.2) is 0 Å². The minimum atomic E-state index is 0.392. The average Bonchev–Trinajstić information content (AvgIpc) is 3.03. The second kappa shape index (κ2) is 7.84. The van der Waals surface area contributed by atoms with Crippen LogP contribution in [0.25, 0.3) is 0 Å². The number of nitrogens with zero attached hydrogens (tertiary/aromatic N) is 1. The molecule has 0 unspecified atom stereocenters. The van der Waals surface area contributed by atoms with Gasteiger partial charge in [0.2, 0.25) is 5.91 Å². The van der Waals surface area contributed by atoms with Crippen molar-refractivity contribution >= 4 is 5.91 Å². The van der Waals surface area contributed by atoms with E-state index >= 15 is 0 Å². The zero-order valence-corrected chi connectivity index (χ0v) is 10.2. The van der Waals surface area contributed by atoms with E-state index < -0.39 is 0 Å². The van der Waals surface area contributed by atoms with Crippen LogP contribution in [0.1, 0.15) is 53.4 Å². The Morgan fingerprint density at radius 2 is 1.57 bits per heavy atom. The van der Waals surface area contributed by atoms with E-state index in [0.29, 0.717) is 11.8 Å². The van der Waals surface area contributed by atoms with Gasteiger partial charge in [0.1, 0.15) is 0 Å². The molecule has 0 aliphatic heterocycles. The Morgan fingerprint density at radius 3 is 1.86 bits per heavy atom. The largest absolute Gasteiger partial charge is 0.342 e. The number of amides is 1. The van der Waals surface area contributed by atoms with Crippen molar-refractivity contribution in [1.29, 1.82) is 0 Å². The van der Waals surface area contributed by atoms with E-state index in [2.05, 4.69) is 13.8 Å². The lowest BCUT2D eigenvalue weighted by molar-refractivity contribution is -0.132. The highest BCUT2D eigenvalue weighted by Crippen LogP contribution is 2.31. The van der Waals surface area contributed by atoms with Gasteiger partial charge in [0.25, 0.3) is 0 Å². The molecule has 0 spiro atoms. The predicted octanol–water partition coefficient (Wildman–Crippen LogP) is 3.07. The fourth-order valence-corrected chi connectivity index (χ4v) is 1.46. The highest BCUT2D eigenvalue weighted by Gasteiger charge is 2.32. The van der Waals surface area contributed by atoms with Gasteiger partial charge >= 0.3 is 0 Å². The maximum atomic E-state index is 11.6. The van der Waals surface area contributed by atoms with Gasteiger partial charge in [-0.15, -0.1) is 0 Å². The van der Waals surface area contributed by atoms with Crippen molar-refractivity contribution in [3.8, 4) is 0 Å². The molecular weight excluding hydrogens is 174 g/mol. The summed E-state index contributed by atoms with van der Waals surface area (Å²) >= 11 is 0. The van der Waals surface area contributed by atoms with Crippen molar-refractivity contribution in [2.75, 3.05) is 13.1 Å². The molecular formula is C12H25NO. The van der Waals surface area contributed by atoms with E-state index in [1.807, 2.05) is 18.7 Å². The summed E-state index contributed by atoms with van der Waals surface area (Å²) in [4.78, 5) is 13.6. The van der Waals surface area contributed by atoms with Gasteiger partial charge in [-0.2, -0.15) is 0 Å². The van der Waals surface area contributed by atoms with Gasteiger partial charge < -0.3 is 4.90 Å². The molecule has 0 heterocycles. The van der Waals surface area contributed by atoms with Crippen molar-refractivity contribution in [1.82, 2.24) is 4.90 Å². The first-order valence-electron chi connectivity index (χ1n) is 6.08. The molecule has 1 rings (SSSR count). The van der Waals surface area contributed by atoms with E-state index in [4.69, 9.17) is 0 Å². The standard InChI is InChI=1S/C10H19NO.C2H6/c1-3-7-11(8-4-2)10(12)9-5-6-9;1-2/h9H,3-8H2,1-2H3;1-2H3. The Bertz CT molecular complexity index is 146. The van der Waals surface area contributed by atoms with Gasteiger partial charge in [-0.05, 0) is 25.7 Å². The lowest BCUT2D eigenvalue weighted by Gasteiger charge is -2.21. The molecule has 1 fully saturated rings. The molecule has 2 heteroatoms. The van der Waals surface area contributed by atoms with Crippen LogP contribution >= 0.6 is 0 Å². The fraction of sp³-hybridized carbons (Fsp3) is 0.917. The van der Waals surface area contributed by atoms with Crippen molar-refractivity contribution in [2.45, 2.75) is 53.4 Å². The van der Waals surface area contributed by atoms with Crippen molar-refractivity contribution in [3.63, 3.8) is 0 Å². The van der Waals surface area contributed by atoms with Crippen LogP contribution < -0.4 is 0 Å². The molecule has 0 aromatic rings. The molecule has 0 N–H and O–H groups in total. The third kappa shape index (κ3) is 4.64. The number of hydrogen-bond donors (Lipinski definition) is 0. The van der Waals surface area contributed by atoms with E-state index in [0.717, 1.165) is 38.8 Å². The summed E-state index contributed by atoms with van der Waals surface area (Å²) in [5.74, 6) is 0.793. The SMILES string of the molecule is CC.CCCN(CCC)C(=O)C1CC1. The highest BCUT2D eigenvalue weighted by atomic mass is 16.2. The number of carbonyl (C=O) groups excluding carboxylic acids is 1. The third-order valence-electron chi connectivity index (χ3n) is 2.23. The van der Waals surface area contributed by atoms with E-state index in [9.17, 15) is 4.79 Å². The maximum absolute atomic E-state index is 11.6. The number of carbonyl (C=O) groups is 1. The normalized spacial score (nSPS) is 14.3. The van der Waals surface area contributed by atoms with Crippen molar-refractivity contribution in [2.24, 2.45) is 5.92 Å². The highest BCUT2D eigenvalue weighted by molar-refractivity contribution is 5.80. The fourth-order valence-electron chi connectivity index (χ4n) is 1.46. The van der Waals surface area contributed by atoms with Gasteiger partial charge in [-0.25, -0.2) is 0 Å². The lowest BCUT2D eigenvalue weighted by Crippen LogP contribution is -2.33. The van der Waals surface area contributed by atoms with Crippen LogP contribution in [-0.2, 0) is 4.79 Å². The molecule has 0 aromatic carbocycles. The first-order valence-corrected chi connectivity index (χ1v) is 6.08. The Morgan fingerprint density at radius 1 is 1.14 bits per heavy atom. The predicted molar refractivity (Wildman–Crippen MR) is 61.2 cm³/mol. The third-order valence-corrected chi connectivity index (χ3v) is 2.23. The quantitative estimate of drug-likeness (QED) is 0.666. The van der Waals surface area contributed by atoms with Gasteiger partial charge in [0.05, 0.1) is 0 Å². The minimum absolute atomic E-state index is 0.392. The van der Waals surface area contributed by atoms with Crippen molar-refractivity contribution < 1.29 is 4.79 Å². The number of hydrogen-bond acceptors (Lipinski definition) is 1. The molecule has 0 bridgehead atoms. The lowest BCUT2D eigenvalue weighted by atomic mass is 10.3. The Hall–Kier alpha value is -0.530. The van der Waals surface area contributed by atoms with E-state index in [1.54, 1.807) is 0 Å². The first-order chi connectivity index (χ1) is 6.79. The molecule has 0 atom stereocenters.